The van der Waals surface area contributed by atoms with E-state index in [1.165, 1.54) is 11.8 Å². The Morgan fingerprint density at radius 1 is 1.33 bits per heavy atom. The maximum Gasteiger partial charge on any atom is 0.237 e. The Bertz CT molecular complexity index is 499. The van der Waals surface area contributed by atoms with Crippen molar-refractivity contribution in [3.8, 4) is 0 Å². The molecule has 0 aromatic carbocycles. The monoisotopic (exact) mass is 264 g/mol. The van der Waals surface area contributed by atoms with Gasteiger partial charge >= 0.3 is 0 Å². The molecule has 0 aliphatic carbocycles. The Kier molecular flexibility index (Phi) is 3.51. The van der Waals surface area contributed by atoms with Crippen LogP contribution < -0.4 is 0 Å². The molecule has 1 aliphatic rings. The summed E-state index contributed by atoms with van der Waals surface area (Å²) in [5.74, 6) is 2.22. The molecule has 0 bridgehead atoms. The molecule has 2 aromatic heterocycles. The summed E-state index contributed by atoms with van der Waals surface area (Å²) in [6, 6.07) is 1.79. The quantitative estimate of drug-likeness (QED) is 0.614. The lowest BCUT2D eigenvalue weighted by Gasteiger charge is -1.97. The zero-order valence-electron chi connectivity index (χ0n) is 9.65. The summed E-state index contributed by atoms with van der Waals surface area (Å²) in [5, 5.41) is 4.70. The number of rotatable bonds is 4. The van der Waals surface area contributed by atoms with E-state index in [1.54, 1.807) is 18.5 Å². The van der Waals surface area contributed by atoms with Gasteiger partial charge in [-0.25, -0.2) is 9.97 Å². The largest absolute Gasteiger partial charge is 0.381 e. The molecule has 1 saturated heterocycles. The third kappa shape index (κ3) is 2.68. The van der Waals surface area contributed by atoms with Crippen LogP contribution in [0.2, 0.25) is 0 Å². The molecule has 3 rings (SSSR count). The zero-order chi connectivity index (χ0) is 12.2. The van der Waals surface area contributed by atoms with E-state index in [9.17, 15) is 0 Å². The first-order valence-electron chi connectivity index (χ1n) is 5.72. The summed E-state index contributed by atoms with van der Waals surface area (Å²) in [6.07, 6.45) is 4.39. The van der Waals surface area contributed by atoms with Gasteiger partial charge in [-0.2, -0.15) is 4.98 Å². The van der Waals surface area contributed by atoms with Crippen molar-refractivity contribution in [3.63, 3.8) is 0 Å². The van der Waals surface area contributed by atoms with Gasteiger partial charge in [0, 0.05) is 24.9 Å². The highest BCUT2D eigenvalue weighted by Gasteiger charge is 2.23. The summed E-state index contributed by atoms with van der Waals surface area (Å²) in [4.78, 5) is 12.6. The van der Waals surface area contributed by atoms with Gasteiger partial charge in [-0.15, -0.1) is 0 Å². The second-order valence-electron chi connectivity index (χ2n) is 3.93. The third-order valence-corrected chi connectivity index (χ3v) is 3.51. The maximum atomic E-state index is 5.30. The molecule has 0 radical (unpaired) electrons. The topological polar surface area (TPSA) is 73.9 Å². The van der Waals surface area contributed by atoms with Crippen molar-refractivity contribution in [2.75, 3.05) is 13.2 Å². The molecule has 18 heavy (non-hydrogen) atoms. The average Bonchev–Trinajstić information content (AvgIpc) is 3.08. The van der Waals surface area contributed by atoms with E-state index in [4.69, 9.17) is 9.26 Å². The highest BCUT2D eigenvalue weighted by atomic mass is 32.2. The zero-order valence-corrected chi connectivity index (χ0v) is 10.5. The van der Waals surface area contributed by atoms with Gasteiger partial charge in [-0.1, -0.05) is 16.9 Å². The smallest absolute Gasteiger partial charge is 0.237 e. The molecule has 0 amide bonds. The Morgan fingerprint density at radius 3 is 3.00 bits per heavy atom. The van der Waals surface area contributed by atoms with Gasteiger partial charge in [-0.3, -0.25) is 0 Å². The van der Waals surface area contributed by atoms with Crippen molar-refractivity contribution in [2.24, 2.45) is 0 Å². The lowest BCUT2D eigenvalue weighted by molar-refractivity contribution is 0.192. The van der Waals surface area contributed by atoms with Crippen molar-refractivity contribution in [1.29, 1.82) is 0 Å². The van der Waals surface area contributed by atoms with Crippen LogP contribution in [0.3, 0.4) is 0 Å². The highest BCUT2D eigenvalue weighted by Crippen LogP contribution is 2.24. The second kappa shape index (κ2) is 5.45. The fraction of sp³-hybridized carbons (Fsp3) is 0.455. The van der Waals surface area contributed by atoms with Crippen LogP contribution in [-0.4, -0.2) is 33.3 Å². The summed E-state index contributed by atoms with van der Waals surface area (Å²) in [6.45, 7) is 1.47. The van der Waals surface area contributed by atoms with Crippen LogP contribution in [-0.2, 0) is 10.5 Å². The minimum Gasteiger partial charge on any atom is -0.381 e. The van der Waals surface area contributed by atoms with Crippen LogP contribution in [0, 0.1) is 0 Å². The van der Waals surface area contributed by atoms with E-state index < -0.39 is 0 Å². The fourth-order valence-electron chi connectivity index (χ4n) is 1.72. The second-order valence-corrected chi connectivity index (χ2v) is 4.87. The van der Waals surface area contributed by atoms with Crippen molar-refractivity contribution in [2.45, 2.75) is 23.2 Å². The summed E-state index contributed by atoms with van der Waals surface area (Å²) in [5.41, 5.74) is 0. The van der Waals surface area contributed by atoms with Gasteiger partial charge in [-0.05, 0) is 12.5 Å². The Balaban J connectivity index is 1.60. The molecule has 6 nitrogen and oxygen atoms in total. The number of hydrogen-bond donors (Lipinski definition) is 0. The predicted molar refractivity (Wildman–Crippen MR) is 64.1 cm³/mol. The van der Waals surface area contributed by atoms with Crippen LogP contribution in [0.4, 0.5) is 0 Å². The van der Waals surface area contributed by atoms with Gasteiger partial charge in [0.15, 0.2) is 11.0 Å². The summed E-state index contributed by atoms with van der Waals surface area (Å²) < 4.78 is 10.5. The van der Waals surface area contributed by atoms with Gasteiger partial charge in [0.1, 0.15) is 0 Å². The minimum atomic E-state index is 0.278. The Hall–Kier alpha value is -1.47. The van der Waals surface area contributed by atoms with Crippen molar-refractivity contribution in [1.82, 2.24) is 20.1 Å². The van der Waals surface area contributed by atoms with Crippen molar-refractivity contribution < 1.29 is 9.26 Å². The SMILES string of the molecule is c1cnc(SCc2nc(C3CCOC3)no2)nc1. The van der Waals surface area contributed by atoms with E-state index in [2.05, 4.69) is 20.1 Å². The third-order valence-electron chi connectivity index (χ3n) is 2.65. The number of ether oxygens (including phenoxy) is 1. The first-order valence-corrected chi connectivity index (χ1v) is 6.70. The van der Waals surface area contributed by atoms with Gasteiger partial charge in [0.05, 0.1) is 12.4 Å². The minimum absolute atomic E-state index is 0.278. The molecule has 94 valence electrons. The van der Waals surface area contributed by atoms with Gasteiger partial charge < -0.3 is 9.26 Å². The Labute approximate surface area is 108 Å². The van der Waals surface area contributed by atoms with Gasteiger partial charge in [0.25, 0.3) is 0 Å². The fourth-order valence-corrected chi connectivity index (χ4v) is 2.36. The normalized spacial score (nSPS) is 19.2. The van der Waals surface area contributed by atoms with E-state index in [0.717, 1.165) is 18.9 Å². The number of nitrogens with zero attached hydrogens (tertiary/aromatic N) is 4. The molecule has 0 N–H and O–H groups in total. The summed E-state index contributed by atoms with van der Waals surface area (Å²) >= 11 is 1.48. The lowest BCUT2D eigenvalue weighted by Crippen LogP contribution is -1.99. The molecule has 2 aromatic rings. The molecule has 1 unspecified atom stereocenters. The summed E-state index contributed by atoms with van der Waals surface area (Å²) in [7, 11) is 0. The predicted octanol–water partition coefficient (Wildman–Crippen LogP) is 1.66. The van der Waals surface area contributed by atoms with Crippen molar-refractivity contribution >= 4 is 11.8 Å². The van der Waals surface area contributed by atoms with Crippen LogP contribution >= 0.6 is 11.8 Å². The lowest BCUT2D eigenvalue weighted by atomic mass is 10.1. The molecule has 1 atom stereocenters. The molecular formula is C11H12N4O2S. The number of aromatic nitrogens is 4. The highest BCUT2D eigenvalue weighted by molar-refractivity contribution is 7.98. The molecule has 0 spiro atoms. The average molecular weight is 264 g/mol. The molecule has 1 fully saturated rings. The van der Waals surface area contributed by atoms with Gasteiger partial charge in [0.2, 0.25) is 5.89 Å². The number of hydrogen-bond acceptors (Lipinski definition) is 7. The van der Waals surface area contributed by atoms with E-state index in [0.29, 0.717) is 23.4 Å². The molecule has 7 heteroatoms. The molecule has 3 heterocycles. The molecule has 1 aliphatic heterocycles. The van der Waals surface area contributed by atoms with E-state index in [-0.39, 0.29) is 5.92 Å². The maximum absolute atomic E-state index is 5.30. The van der Waals surface area contributed by atoms with Crippen LogP contribution in [0.15, 0.2) is 28.1 Å². The molecule has 0 saturated carbocycles. The van der Waals surface area contributed by atoms with Crippen LogP contribution in [0.25, 0.3) is 0 Å². The number of thioether (sulfide) groups is 1. The van der Waals surface area contributed by atoms with Crippen LogP contribution in [0.1, 0.15) is 24.1 Å². The van der Waals surface area contributed by atoms with Crippen LogP contribution in [0.5, 0.6) is 0 Å². The first kappa shape index (κ1) is 11.6. The molecular weight excluding hydrogens is 252 g/mol. The Morgan fingerprint density at radius 2 is 2.22 bits per heavy atom. The standard InChI is InChI=1S/C11H12N4O2S/c1-3-12-11(13-4-1)18-7-9-14-10(15-17-9)8-2-5-16-6-8/h1,3-4,8H,2,5-7H2. The van der Waals surface area contributed by atoms with E-state index in [1.807, 2.05) is 0 Å². The van der Waals surface area contributed by atoms with E-state index >= 15 is 0 Å². The van der Waals surface area contributed by atoms with Crippen molar-refractivity contribution in [3.05, 3.63) is 30.2 Å². The first-order chi connectivity index (χ1) is 8.92.